The molecule has 2 fully saturated rings. The summed E-state index contributed by atoms with van der Waals surface area (Å²) in [5, 5.41) is 0. The highest BCUT2D eigenvalue weighted by molar-refractivity contribution is 5.94. The van der Waals surface area contributed by atoms with Gasteiger partial charge >= 0.3 is 6.18 Å². The Bertz CT molecular complexity index is 924. The summed E-state index contributed by atoms with van der Waals surface area (Å²) < 4.78 is 45.2. The van der Waals surface area contributed by atoms with Crippen molar-refractivity contribution < 1.29 is 22.7 Å². The van der Waals surface area contributed by atoms with E-state index in [0.717, 1.165) is 38.5 Å². The number of likely N-dealkylation sites (tertiary alicyclic amines) is 2. The lowest BCUT2D eigenvalue weighted by Crippen LogP contribution is -2.36. The number of methoxy groups -OCH3 is 1. The number of rotatable bonds is 5. The molecule has 172 valence electrons. The molecule has 32 heavy (non-hydrogen) atoms. The van der Waals surface area contributed by atoms with Gasteiger partial charge in [-0.15, -0.1) is 0 Å². The molecule has 0 aliphatic carbocycles. The molecule has 2 saturated heterocycles. The third kappa shape index (κ3) is 5.09. The van der Waals surface area contributed by atoms with Gasteiger partial charge in [0.15, 0.2) is 0 Å². The first-order valence-corrected chi connectivity index (χ1v) is 11.2. The van der Waals surface area contributed by atoms with Crippen molar-refractivity contribution in [1.82, 2.24) is 9.80 Å². The Morgan fingerprint density at radius 3 is 2.41 bits per heavy atom. The van der Waals surface area contributed by atoms with Crippen LogP contribution in [0.25, 0.3) is 0 Å². The van der Waals surface area contributed by atoms with Gasteiger partial charge in [-0.25, -0.2) is 0 Å². The van der Waals surface area contributed by atoms with Gasteiger partial charge in [-0.1, -0.05) is 24.6 Å². The highest BCUT2D eigenvalue weighted by Gasteiger charge is 2.39. The molecule has 2 aromatic rings. The SMILES string of the molecule is COc1ccc(C(=O)N2C[C@H](CN3CCCCC3)[C@H](c3cccc(C(F)(F)F)c3)C2)cc1. The first-order chi connectivity index (χ1) is 15.3. The summed E-state index contributed by atoms with van der Waals surface area (Å²) in [6.07, 6.45) is -0.860. The molecule has 4 nitrogen and oxygen atoms in total. The molecule has 1 amide bonds. The summed E-state index contributed by atoms with van der Waals surface area (Å²) in [4.78, 5) is 17.4. The van der Waals surface area contributed by atoms with Crippen molar-refractivity contribution in [3.8, 4) is 5.75 Å². The molecule has 2 aliphatic heterocycles. The average Bonchev–Trinajstić information content (AvgIpc) is 3.22. The number of amides is 1. The molecule has 0 radical (unpaired) electrons. The first-order valence-electron chi connectivity index (χ1n) is 11.2. The van der Waals surface area contributed by atoms with Crippen LogP contribution in [0.4, 0.5) is 13.2 Å². The Balaban J connectivity index is 1.58. The average molecular weight is 447 g/mol. The zero-order valence-electron chi connectivity index (χ0n) is 18.3. The topological polar surface area (TPSA) is 32.8 Å². The van der Waals surface area contributed by atoms with Gasteiger partial charge in [-0.2, -0.15) is 13.2 Å². The highest BCUT2D eigenvalue weighted by Crippen LogP contribution is 2.37. The van der Waals surface area contributed by atoms with E-state index >= 15 is 0 Å². The maximum Gasteiger partial charge on any atom is 0.416 e. The predicted molar refractivity (Wildman–Crippen MR) is 117 cm³/mol. The van der Waals surface area contributed by atoms with Crippen LogP contribution >= 0.6 is 0 Å². The maximum atomic E-state index is 13.3. The number of hydrogen-bond donors (Lipinski definition) is 0. The maximum absolute atomic E-state index is 13.3. The minimum atomic E-state index is -4.38. The number of piperidine rings is 1. The van der Waals surface area contributed by atoms with Crippen LogP contribution in [0.5, 0.6) is 5.75 Å². The van der Waals surface area contributed by atoms with Gasteiger partial charge in [-0.3, -0.25) is 4.79 Å². The second kappa shape index (κ2) is 9.53. The molecule has 0 N–H and O–H groups in total. The van der Waals surface area contributed by atoms with Crippen molar-refractivity contribution in [2.24, 2.45) is 5.92 Å². The van der Waals surface area contributed by atoms with E-state index in [4.69, 9.17) is 4.74 Å². The van der Waals surface area contributed by atoms with Gasteiger partial charge in [0.25, 0.3) is 5.91 Å². The smallest absolute Gasteiger partial charge is 0.416 e. The standard InChI is InChI=1S/C25H29F3N2O2/c1-32-22-10-8-18(9-11-22)24(31)30-16-20(15-29-12-3-2-4-13-29)23(17-30)19-6-5-7-21(14-19)25(26,27)28/h5-11,14,20,23H,2-4,12-13,15-17H2,1H3/t20-,23-/m0/s1. The van der Waals surface area contributed by atoms with Crippen LogP contribution in [0.1, 0.15) is 46.7 Å². The van der Waals surface area contributed by atoms with Crippen LogP contribution in [0.3, 0.4) is 0 Å². The minimum absolute atomic E-state index is 0.0919. The van der Waals surface area contributed by atoms with Crippen molar-refractivity contribution in [1.29, 1.82) is 0 Å². The Hall–Kier alpha value is -2.54. The van der Waals surface area contributed by atoms with E-state index in [-0.39, 0.29) is 17.7 Å². The number of hydrogen-bond acceptors (Lipinski definition) is 3. The number of ether oxygens (including phenoxy) is 1. The van der Waals surface area contributed by atoms with E-state index in [1.54, 1.807) is 42.3 Å². The van der Waals surface area contributed by atoms with E-state index in [1.165, 1.54) is 18.6 Å². The van der Waals surface area contributed by atoms with Gasteiger partial charge in [0.2, 0.25) is 0 Å². The number of halogens is 3. The van der Waals surface area contributed by atoms with Crippen LogP contribution in [-0.2, 0) is 6.18 Å². The van der Waals surface area contributed by atoms with Crippen molar-refractivity contribution in [2.75, 3.05) is 39.8 Å². The fourth-order valence-electron chi connectivity index (χ4n) is 4.94. The number of alkyl halides is 3. The van der Waals surface area contributed by atoms with E-state index in [0.29, 0.717) is 30.0 Å². The fourth-order valence-corrected chi connectivity index (χ4v) is 4.94. The molecule has 0 saturated carbocycles. The largest absolute Gasteiger partial charge is 0.497 e. The summed E-state index contributed by atoms with van der Waals surface area (Å²) in [5.74, 6) is 0.554. The zero-order chi connectivity index (χ0) is 22.7. The second-order valence-electron chi connectivity index (χ2n) is 8.79. The summed E-state index contributed by atoms with van der Waals surface area (Å²) in [6.45, 7) is 3.79. The van der Waals surface area contributed by atoms with E-state index in [2.05, 4.69) is 4.90 Å². The quantitative estimate of drug-likeness (QED) is 0.644. The Kier molecular flexibility index (Phi) is 6.74. The van der Waals surface area contributed by atoms with E-state index in [1.807, 2.05) is 0 Å². The Morgan fingerprint density at radius 2 is 1.75 bits per heavy atom. The van der Waals surface area contributed by atoms with Crippen molar-refractivity contribution in [2.45, 2.75) is 31.4 Å². The molecule has 2 aromatic carbocycles. The first kappa shape index (κ1) is 22.6. The minimum Gasteiger partial charge on any atom is -0.497 e. The Labute approximate surface area is 187 Å². The summed E-state index contributed by atoms with van der Waals surface area (Å²) in [6, 6.07) is 12.6. The number of nitrogens with zero attached hydrogens (tertiary/aromatic N) is 2. The molecule has 2 atom stereocenters. The van der Waals surface area contributed by atoms with Crippen molar-refractivity contribution >= 4 is 5.91 Å². The molecule has 0 unspecified atom stereocenters. The van der Waals surface area contributed by atoms with Gasteiger partial charge in [-0.05, 0) is 67.7 Å². The lowest BCUT2D eigenvalue weighted by Gasteiger charge is -2.31. The van der Waals surface area contributed by atoms with E-state index in [9.17, 15) is 18.0 Å². The number of carbonyl (C=O) groups excluding carboxylic acids is 1. The lowest BCUT2D eigenvalue weighted by atomic mass is 9.87. The van der Waals surface area contributed by atoms with Crippen LogP contribution in [0.15, 0.2) is 48.5 Å². The van der Waals surface area contributed by atoms with E-state index < -0.39 is 11.7 Å². The molecule has 2 heterocycles. The monoisotopic (exact) mass is 446 g/mol. The van der Waals surface area contributed by atoms with Gasteiger partial charge in [0, 0.05) is 31.1 Å². The van der Waals surface area contributed by atoms with Gasteiger partial charge in [0.05, 0.1) is 12.7 Å². The summed E-state index contributed by atoms with van der Waals surface area (Å²) >= 11 is 0. The van der Waals surface area contributed by atoms with Crippen LogP contribution in [0, 0.1) is 5.92 Å². The van der Waals surface area contributed by atoms with Crippen molar-refractivity contribution in [3.05, 3.63) is 65.2 Å². The van der Waals surface area contributed by atoms with Crippen LogP contribution in [-0.4, -0.2) is 55.5 Å². The molecule has 2 aliphatic rings. The van der Waals surface area contributed by atoms with Gasteiger partial charge < -0.3 is 14.5 Å². The lowest BCUT2D eigenvalue weighted by molar-refractivity contribution is -0.137. The van der Waals surface area contributed by atoms with Crippen LogP contribution in [0.2, 0.25) is 0 Å². The molecule has 0 bridgehead atoms. The third-order valence-electron chi connectivity index (χ3n) is 6.65. The molecule has 0 spiro atoms. The van der Waals surface area contributed by atoms with Gasteiger partial charge in [0.1, 0.15) is 5.75 Å². The summed E-state index contributed by atoms with van der Waals surface area (Å²) in [7, 11) is 1.57. The molecular weight excluding hydrogens is 417 g/mol. The normalized spacial score (nSPS) is 22.2. The fraction of sp³-hybridized carbons (Fsp3) is 0.480. The third-order valence-corrected chi connectivity index (χ3v) is 6.65. The second-order valence-corrected chi connectivity index (χ2v) is 8.79. The molecule has 7 heteroatoms. The Morgan fingerprint density at radius 1 is 1.03 bits per heavy atom. The highest BCUT2D eigenvalue weighted by atomic mass is 19.4. The number of carbonyl (C=O) groups is 1. The molecule has 0 aromatic heterocycles. The van der Waals surface area contributed by atoms with Crippen molar-refractivity contribution in [3.63, 3.8) is 0 Å². The summed E-state index contributed by atoms with van der Waals surface area (Å²) in [5.41, 5.74) is 0.589. The van der Waals surface area contributed by atoms with Crippen LogP contribution < -0.4 is 4.74 Å². The molecule has 4 rings (SSSR count). The molecular formula is C25H29F3N2O2. The zero-order valence-corrected chi connectivity index (χ0v) is 18.3. The number of benzene rings is 2. The predicted octanol–water partition coefficient (Wildman–Crippen LogP) is 5.06.